The van der Waals surface area contributed by atoms with E-state index in [-0.39, 0.29) is 5.78 Å². The minimum Gasteiger partial charge on any atom is -0.486 e. The molecule has 0 radical (unpaired) electrons. The number of hydrogen-bond donors (Lipinski definition) is 0. The van der Waals surface area contributed by atoms with Crippen LogP contribution in [-0.2, 0) is 13.7 Å². The Hall–Kier alpha value is -2.24. The lowest BCUT2D eigenvalue weighted by atomic mass is 10.1. The highest BCUT2D eigenvalue weighted by atomic mass is 16.5. The Balaban J connectivity index is 2.00. The first-order valence-corrected chi connectivity index (χ1v) is 5.12. The molecule has 6 heteroatoms. The number of carbonyl (C=O) groups is 1. The summed E-state index contributed by atoms with van der Waals surface area (Å²) in [7, 11) is 1.75. The lowest BCUT2D eigenvalue weighted by Gasteiger charge is -2.05. The number of aromatic nitrogens is 4. The second-order valence-corrected chi connectivity index (χ2v) is 3.59. The van der Waals surface area contributed by atoms with Crippen molar-refractivity contribution < 1.29 is 9.53 Å². The molecule has 2 rings (SSSR count). The minimum atomic E-state index is 0.0362. The molecule has 0 atom stereocenters. The van der Waals surface area contributed by atoms with Crippen LogP contribution in [0.5, 0.6) is 5.75 Å². The van der Waals surface area contributed by atoms with Crippen LogP contribution in [0, 0.1) is 0 Å². The summed E-state index contributed by atoms with van der Waals surface area (Å²) < 4.78 is 7.04. The molecule has 6 nitrogen and oxygen atoms in total. The van der Waals surface area contributed by atoms with E-state index in [1.165, 1.54) is 6.92 Å². The fourth-order valence-electron chi connectivity index (χ4n) is 1.30. The molecule has 0 aliphatic rings. The van der Waals surface area contributed by atoms with E-state index in [0.717, 1.165) is 0 Å². The van der Waals surface area contributed by atoms with Crippen LogP contribution in [0.15, 0.2) is 24.3 Å². The molecule has 0 saturated heterocycles. The molecule has 0 amide bonds. The molecule has 17 heavy (non-hydrogen) atoms. The number of ether oxygens (including phenoxy) is 1. The number of hydrogen-bond acceptors (Lipinski definition) is 5. The Kier molecular flexibility index (Phi) is 3.13. The molecule has 0 aliphatic heterocycles. The van der Waals surface area contributed by atoms with Gasteiger partial charge in [0.25, 0.3) is 0 Å². The number of tetrazole rings is 1. The van der Waals surface area contributed by atoms with Gasteiger partial charge in [-0.3, -0.25) is 4.79 Å². The highest BCUT2D eigenvalue weighted by molar-refractivity contribution is 5.94. The third-order valence-corrected chi connectivity index (χ3v) is 2.34. The lowest BCUT2D eigenvalue weighted by Crippen LogP contribution is -2.04. The highest BCUT2D eigenvalue weighted by Crippen LogP contribution is 2.13. The van der Waals surface area contributed by atoms with Crippen LogP contribution >= 0.6 is 0 Å². The van der Waals surface area contributed by atoms with Gasteiger partial charge in [0, 0.05) is 12.6 Å². The first-order chi connectivity index (χ1) is 8.16. The predicted molar refractivity (Wildman–Crippen MR) is 59.6 cm³/mol. The first kappa shape index (κ1) is 11.3. The molecular formula is C11H12N4O2. The normalized spacial score (nSPS) is 10.2. The van der Waals surface area contributed by atoms with E-state index in [1.54, 1.807) is 36.0 Å². The largest absolute Gasteiger partial charge is 0.486 e. The molecular weight excluding hydrogens is 220 g/mol. The topological polar surface area (TPSA) is 69.9 Å². The zero-order valence-electron chi connectivity index (χ0n) is 9.62. The molecule has 0 unspecified atom stereocenters. The highest BCUT2D eigenvalue weighted by Gasteiger charge is 2.04. The molecule has 0 aliphatic carbocycles. The Labute approximate surface area is 98.2 Å². The molecule has 1 heterocycles. The van der Waals surface area contributed by atoms with E-state index in [2.05, 4.69) is 15.5 Å². The number of nitrogens with zero attached hydrogens (tertiary/aromatic N) is 4. The number of Topliss-reactive ketones (excluding diaryl/α,β-unsaturated/α-hetero) is 1. The van der Waals surface area contributed by atoms with Crippen LogP contribution in [0.4, 0.5) is 0 Å². The summed E-state index contributed by atoms with van der Waals surface area (Å²) in [6.45, 7) is 1.82. The van der Waals surface area contributed by atoms with Gasteiger partial charge in [-0.2, -0.15) is 0 Å². The first-order valence-electron chi connectivity index (χ1n) is 5.12. The van der Waals surface area contributed by atoms with E-state index in [1.807, 2.05) is 0 Å². The maximum atomic E-state index is 11.1. The van der Waals surface area contributed by atoms with Gasteiger partial charge in [0.05, 0.1) is 0 Å². The van der Waals surface area contributed by atoms with Gasteiger partial charge < -0.3 is 4.74 Å². The van der Waals surface area contributed by atoms with Gasteiger partial charge in [-0.15, -0.1) is 5.10 Å². The molecule has 0 bridgehead atoms. The van der Waals surface area contributed by atoms with Crippen LogP contribution in [0.3, 0.4) is 0 Å². The van der Waals surface area contributed by atoms with Gasteiger partial charge in [0.15, 0.2) is 11.6 Å². The SMILES string of the molecule is CC(=O)c1ccc(OCc2nnnn2C)cc1. The number of benzene rings is 1. The number of aryl methyl sites for hydroxylation is 1. The van der Waals surface area contributed by atoms with Crippen molar-refractivity contribution in [2.75, 3.05) is 0 Å². The Morgan fingerprint density at radius 2 is 2.06 bits per heavy atom. The van der Waals surface area contributed by atoms with E-state index in [4.69, 9.17) is 4.74 Å². The standard InChI is InChI=1S/C11H12N4O2/c1-8(16)9-3-5-10(6-4-9)17-7-11-12-13-14-15(11)2/h3-6H,7H2,1-2H3. The van der Waals surface area contributed by atoms with Crippen molar-refractivity contribution in [3.8, 4) is 5.75 Å². The average molecular weight is 232 g/mol. The van der Waals surface area contributed by atoms with Crippen LogP contribution in [0.1, 0.15) is 23.1 Å². The smallest absolute Gasteiger partial charge is 0.188 e. The molecule has 1 aromatic carbocycles. The maximum absolute atomic E-state index is 11.1. The molecule has 0 fully saturated rings. The van der Waals surface area contributed by atoms with E-state index >= 15 is 0 Å². The van der Waals surface area contributed by atoms with Crippen molar-refractivity contribution in [1.82, 2.24) is 20.2 Å². The van der Waals surface area contributed by atoms with Gasteiger partial charge in [-0.1, -0.05) is 0 Å². The molecule has 0 N–H and O–H groups in total. The quantitative estimate of drug-likeness (QED) is 0.735. The fraction of sp³-hybridized carbons (Fsp3) is 0.273. The zero-order chi connectivity index (χ0) is 12.3. The van der Waals surface area contributed by atoms with Crippen molar-refractivity contribution >= 4 is 5.78 Å². The number of rotatable bonds is 4. The van der Waals surface area contributed by atoms with Crippen LogP contribution in [0.2, 0.25) is 0 Å². The fourth-order valence-corrected chi connectivity index (χ4v) is 1.30. The molecule has 0 spiro atoms. The average Bonchev–Trinajstić information content (AvgIpc) is 2.73. The summed E-state index contributed by atoms with van der Waals surface area (Å²) in [5.41, 5.74) is 0.665. The van der Waals surface area contributed by atoms with Crippen LogP contribution in [-0.4, -0.2) is 26.0 Å². The van der Waals surface area contributed by atoms with Gasteiger partial charge in [-0.25, -0.2) is 4.68 Å². The monoisotopic (exact) mass is 232 g/mol. The van der Waals surface area contributed by atoms with Gasteiger partial charge in [-0.05, 0) is 41.6 Å². The second kappa shape index (κ2) is 4.73. The number of ketones is 1. The van der Waals surface area contributed by atoms with Gasteiger partial charge in [0.1, 0.15) is 12.4 Å². The van der Waals surface area contributed by atoms with E-state index < -0.39 is 0 Å². The third-order valence-electron chi connectivity index (χ3n) is 2.34. The summed E-state index contributed by atoms with van der Waals surface area (Å²) in [5.74, 6) is 1.35. The Morgan fingerprint density at radius 1 is 1.35 bits per heavy atom. The Bertz CT molecular complexity index is 519. The van der Waals surface area contributed by atoms with Crippen molar-refractivity contribution in [2.24, 2.45) is 7.05 Å². The molecule has 2 aromatic rings. The second-order valence-electron chi connectivity index (χ2n) is 3.59. The summed E-state index contributed by atoms with van der Waals surface area (Å²) in [6.07, 6.45) is 0. The van der Waals surface area contributed by atoms with Crippen LogP contribution in [0.25, 0.3) is 0 Å². The maximum Gasteiger partial charge on any atom is 0.188 e. The molecule has 0 saturated carbocycles. The van der Waals surface area contributed by atoms with Crippen molar-refractivity contribution in [1.29, 1.82) is 0 Å². The summed E-state index contributed by atoms with van der Waals surface area (Å²) >= 11 is 0. The zero-order valence-corrected chi connectivity index (χ0v) is 9.62. The summed E-state index contributed by atoms with van der Waals surface area (Å²) in [6, 6.07) is 6.96. The van der Waals surface area contributed by atoms with Crippen molar-refractivity contribution in [2.45, 2.75) is 13.5 Å². The number of carbonyl (C=O) groups excluding carboxylic acids is 1. The van der Waals surface area contributed by atoms with Gasteiger partial charge >= 0.3 is 0 Å². The minimum absolute atomic E-state index is 0.0362. The molecule has 1 aromatic heterocycles. The van der Waals surface area contributed by atoms with Crippen molar-refractivity contribution in [3.63, 3.8) is 0 Å². The van der Waals surface area contributed by atoms with Gasteiger partial charge in [0.2, 0.25) is 0 Å². The lowest BCUT2D eigenvalue weighted by molar-refractivity contribution is 0.101. The summed E-state index contributed by atoms with van der Waals surface area (Å²) in [4.78, 5) is 11.1. The predicted octanol–water partition coefficient (Wildman–Crippen LogP) is 0.992. The molecule has 88 valence electrons. The van der Waals surface area contributed by atoms with E-state index in [0.29, 0.717) is 23.7 Å². The Morgan fingerprint density at radius 3 is 2.59 bits per heavy atom. The van der Waals surface area contributed by atoms with Crippen LogP contribution < -0.4 is 4.74 Å². The third kappa shape index (κ3) is 2.66. The van der Waals surface area contributed by atoms with Crippen molar-refractivity contribution in [3.05, 3.63) is 35.7 Å². The summed E-state index contributed by atoms with van der Waals surface area (Å²) in [5, 5.41) is 11.0. The van der Waals surface area contributed by atoms with E-state index in [9.17, 15) is 4.79 Å².